The Kier molecular flexibility index (Phi) is 5.76. The summed E-state index contributed by atoms with van der Waals surface area (Å²) in [7, 11) is -1.12. The van der Waals surface area contributed by atoms with E-state index >= 15 is 0 Å². The molecule has 0 fully saturated rings. The number of nitrogens with zero attached hydrogens (tertiary/aromatic N) is 1. The van der Waals surface area contributed by atoms with E-state index in [0.29, 0.717) is 0 Å². The topological polar surface area (TPSA) is 121 Å². The van der Waals surface area contributed by atoms with Crippen LogP contribution in [0.2, 0.25) is 0 Å². The molecule has 0 aliphatic heterocycles. The van der Waals surface area contributed by atoms with E-state index in [9.17, 15) is 22.8 Å². The van der Waals surface area contributed by atoms with Gasteiger partial charge in [-0.1, -0.05) is 0 Å². The van der Waals surface area contributed by atoms with E-state index < -0.39 is 45.2 Å². The molecule has 104 valence electrons. The van der Waals surface area contributed by atoms with E-state index in [1.807, 2.05) is 5.32 Å². The number of hydrogen-bond acceptors (Lipinski definition) is 5. The molecule has 2 N–H and O–H groups in total. The minimum Gasteiger partial charge on any atom is -0.480 e. The number of carbonyl (C=O) groups is 3. The third-order valence-electron chi connectivity index (χ3n) is 1.94. The van der Waals surface area contributed by atoms with E-state index in [-0.39, 0.29) is 0 Å². The first-order chi connectivity index (χ1) is 8.05. The highest BCUT2D eigenvalue weighted by Crippen LogP contribution is 1.98. The molecule has 0 saturated heterocycles. The Hall–Kier alpha value is -1.64. The van der Waals surface area contributed by atoms with Crippen LogP contribution in [0.3, 0.4) is 0 Å². The summed E-state index contributed by atoms with van der Waals surface area (Å²) < 4.78 is 23.2. The predicted octanol–water partition coefficient (Wildman–Crippen LogP) is -1.92. The smallest absolute Gasteiger partial charge is 0.327 e. The summed E-state index contributed by atoms with van der Waals surface area (Å²) in [5, 5.41) is 10.7. The average Bonchev–Trinajstić information content (AvgIpc) is 2.14. The number of carboxylic acids is 1. The molecule has 0 aromatic rings. The van der Waals surface area contributed by atoms with Crippen LogP contribution >= 0.6 is 0 Å². The number of sulfone groups is 1. The summed E-state index contributed by atoms with van der Waals surface area (Å²) in [5.74, 6) is -4.38. The molecule has 0 aliphatic carbocycles. The molecule has 2 amide bonds. The van der Waals surface area contributed by atoms with Gasteiger partial charge in [0.05, 0.1) is 5.75 Å². The van der Waals surface area contributed by atoms with Gasteiger partial charge >= 0.3 is 5.97 Å². The van der Waals surface area contributed by atoms with E-state index in [4.69, 9.17) is 5.11 Å². The highest BCUT2D eigenvalue weighted by molar-refractivity contribution is 7.92. The summed E-state index contributed by atoms with van der Waals surface area (Å²) in [5.41, 5.74) is 0. The van der Waals surface area contributed by atoms with Crippen LogP contribution < -0.4 is 5.32 Å². The first-order valence-corrected chi connectivity index (χ1v) is 6.78. The Morgan fingerprint density at radius 3 is 2.11 bits per heavy atom. The maximum atomic E-state index is 11.6. The van der Waals surface area contributed by atoms with Gasteiger partial charge < -0.3 is 15.3 Å². The van der Waals surface area contributed by atoms with Crippen molar-refractivity contribution in [1.29, 1.82) is 0 Å². The average molecular weight is 280 g/mol. The number of rotatable bonds is 6. The van der Waals surface area contributed by atoms with Crippen LogP contribution in [-0.4, -0.2) is 67.9 Å². The number of amides is 2. The summed E-state index contributed by atoms with van der Waals surface area (Å²) in [6.45, 7) is 1.08. The first-order valence-electron chi connectivity index (χ1n) is 4.95. The zero-order valence-corrected chi connectivity index (χ0v) is 11.2. The molecule has 0 aromatic heterocycles. The second kappa shape index (κ2) is 6.34. The molecule has 0 aromatic carbocycles. The highest BCUT2D eigenvalue weighted by Gasteiger charge is 2.28. The number of carboxylic acid groups (broad SMARTS) is 1. The van der Waals surface area contributed by atoms with Gasteiger partial charge in [-0.2, -0.15) is 0 Å². The van der Waals surface area contributed by atoms with Crippen molar-refractivity contribution in [3.05, 3.63) is 0 Å². The van der Waals surface area contributed by atoms with Gasteiger partial charge in [-0.3, -0.25) is 9.59 Å². The van der Waals surface area contributed by atoms with Crippen molar-refractivity contribution in [2.75, 3.05) is 25.6 Å². The molecule has 8 nitrogen and oxygen atoms in total. The number of nitrogens with one attached hydrogen (secondary N) is 1. The van der Waals surface area contributed by atoms with E-state index in [1.54, 1.807) is 0 Å². The van der Waals surface area contributed by atoms with Crippen molar-refractivity contribution < 1.29 is 27.9 Å². The van der Waals surface area contributed by atoms with Crippen molar-refractivity contribution in [1.82, 2.24) is 10.2 Å². The molecule has 9 heteroatoms. The van der Waals surface area contributed by atoms with Crippen molar-refractivity contribution in [2.45, 2.75) is 13.0 Å². The van der Waals surface area contributed by atoms with Crippen molar-refractivity contribution >= 4 is 27.6 Å². The number of aliphatic carboxylic acids is 1. The molecular weight excluding hydrogens is 264 g/mol. The Balaban J connectivity index is 4.77. The van der Waals surface area contributed by atoms with Gasteiger partial charge in [-0.25, -0.2) is 13.2 Å². The molecule has 1 atom stereocenters. The molecule has 0 saturated carbocycles. The Labute approximate surface area is 105 Å². The van der Waals surface area contributed by atoms with Crippen molar-refractivity contribution in [3.8, 4) is 0 Å². The molecule has 0 aliphatic rings. The van der Waals surface area contributed by atoms with Gasteiger partial charge in [-0.15, -0.1) is 0 Å². The maximum Gasteiger partial charge on any atom is 0.327 e. The fourth-order valence-electron chi connectivity index (χ4n) is 1.05. The van der Waals surface area contributed by atoms with Crippen LogP contribution in [0.5, 0.6) is 0 Å². The maximum absolute atomic E-state index is 11.6. The van der Waals surface area contributed by atoms with E-state index in [0.717, 1.165) is 11.8 Å². The zero-order valence-electron chi connectivity index (χ0n) is 10.3. The van der Waals surface area contributed by atoms with Crippen LogP contribution in [0.1, 0.15) is 6.92 Å². The number of hydrogen-bond donors (Lipinski definition) is 2. The van der Waals surface area contributed by atoms with E-state index in [2.05, 4.69) is 0 Å². The molecule has 0 rings (SSSR count). The van der Waals surface area contributed by atoms with Crippen molar-refractivity contribution in [2.24, 2.45) is 0 Å². The quantitative estimate of drug-likeness (QED) is 0.585. The van der Waals surface area contributed by atoms with Crippen LogP contribution in [0.25, 0.3) is 0 Å². The monoisotopic (exact) mass is 280 g/mol. The van der Waals surface area contributed by atoms with Gasteiger partial charge in [0.15, 0.2) is 9.84 Å². The Morgan fingerprint density at radius 2 is 1.78 bits per heavy atom. The van der Waals surface area contributed by atoms with Gasteiger partial charge in [0.25, 0.3) is 0 Å². The Bertz CT molecular complexity index is 442. The fraction of sp³-hybridized carbons (Fsp3) is 0.667. The summed E-state index contributed by atoms with van der Waals surface area (Å²) in [6, 6.07) is -1.55. The largest absolute Gasteiger partial charge is 0.480 e. The SMILES string of the molecule is CC(=O)N[C@@H](CS(=O)(=O)CC(=O)N(C)C)C(=O)O. The van der Waals surface area contributed by atoms with Crippen LogP contribution in [0.4, 0.5) is 0 Å². The Morgan fingerprint density at radius 1 is 1.28 bits per heavy atom. The third-order valence-corrected chi connectivity index (χ3v) is 3.47. The second-order valence-electron chi connectivity index (χ2n) is 3.93. The number of carbonyl (C=O) groups excluding carboxylic acids is 2. The molecule has 0 spiro atoms. The van der Waals surface area contributed by atoms with Crippen LogP contribution in [0.15, 0.2) is 0 Å². The zero-order chi connectivity index (χ0) is 14.5. The molecular formula is C9H16N2O6S. The lowest BCUT2D eigenvalue weighted by atomic mass is 10.3. The molecule has 0 bridgehead atoms. The minimum absolute atomic E-state index is 0.651. The summed E-state index contributed by atoms with van der Waals surface area (Å²) >= 11 is 0. The van der Waals surface area contributed by atoms with Crippen molar-refractivity contribution in [3.63, 3.8) is 0 Å². The summed E-state index contributed by atoms with van der Waals surface area (Å²) in [6.07, 6.45) is 0. The standard InChI is InChI=1S/C9H16N2O6S/c1-6(12)10-7(9(14)15)4-18(16,17)5-8(13)11(2)3/h7H,4-5H2,1-3H3,(H,10,12)(H,14,15)/t7-/m0/s1. The van der Waals surface area contributed by atoms with Gasteiger partial charge in [0.1, 0.15) is 11.8 Å². The minimum atomic E-state index is -3.90. The lowest BCUT2D eigenvalue weighted by Crippen LogP contribution is -2.45. The summed E-state index contributed by atoms with van der Waals surface area (Å²) in [4.78, 5) is 33.8. The third kappa shape index (κ3) is 6.18. The molecule has 0 radical (unpaired) electrons. The first kappa shape index (κ1) is 16.4. The van der Waals surface area contributed by atoms with Gasteiger partial charge in [0.2, 0.25) is 11.8 Å². The normalized spacial score (nSPS) is 12.6. The molecule has 0 unspecified atom stereocenters. The highest BCUT2D eigenvalue weighted by atomic mass is 32.2. The lowest BCUT2D eigenvalue weighted by Gasteiger charge is -2.15. The van der Waals surface area contributed by atoms with Gasteiger partial charge in [0, 0.05) is 21.0 Å². The fourth-order valence-corrected chi connectivity index (χ4v) is 2.54. The van der Waals surface area contributed by atoms with Crippen LogP contribution in [-0.2, 0) is 24.2 Å². The van der Waals surface area contributed by atoms with E-state index in [1.165, 1.54) is 14.1 Å². The predicted molar refractivity (Wildman–Crippen MR) is 62.6 cm³/mol. The second-order valence-corrected chi connectivity index (χ2v) is 6.04. The lowest BCUT2D eigenvalue weighted by molar-refractivity contribution is -0.140. The molecule has 0 heterocycles. The van der Waals surface area contributed by atoms with Gasteiger partial charge in [-0.05, 0) is 0 Å². The molecule has 18 heavy (non-hydrogen) atoms. The van der Waals surface area contributed by atoms with Crippen LogP contribution in [0, 0.1) is 0 Å².